The average Bonchev–Trinajstić information content (AvgIpc) is 2.35. The summed E-state index contributed by atoms with van der Waals surface area (Å²) in [7, 11) is 0. The molecule has 0 saturated carbocycles. The number of hydrogen-bond acceptors (Lipinski definition) is 4. The zero-order chi connectivity index (χ0) is 8.27. The first-order valence-electron chi connectivity index (χ1n) is 3.12. The molecule has 0 unspecified atom stereocenters. The standard InChI is InChI=1S/C6H9N3OS/c7-4(1-6(8)10)5-2-9-3-11-5/h2-4H,1,7H2,(H2,8,10)/t4-/m0/s1. The van der Waals surface area contributed by atoms with Crippen molar-refractivity contribution in [2.24, 2.45) is 11.5 Å². The van der Waals surface area contributed by atoms with Crippen LogP contribution in [0.4, 0.5) is 0 Å². The maximum Gasteiger partial charge on any atom is 0.219 e. The van der Waals surface area contributed by atoms with Crippen molar-refractivity contribution in [3.05, 3.63) is 16.6 Å². The molecule has 1 atom stereocenters. The third-order valence-corrected chi connectivity index (χ3v) is 2.15. The van der Waals surface area contributed by atoms with Gasteiger partial charge in [-0.3, -0.25) is 9.78 Å². The fourth-order valence-corrected chi connectivity index (χ4v) is 1.35. The quantitative estimate of drug-likeness (QED) is 0.672. The fourth-order valence-electron chi connectivity index (χ4n) is 0.726. The van der Waals surface area contributed by atoms with E-state index in [1.807, 2.05) is 0 Å². The summed E-state index contributed by atoms with van der Waals surface area (Å²) in [4.78, 5) is 15.2. The summed E-state index contributed by atoms with van der Waals surface area (Å²) < 4.78 is 0. The minimum absolute atomic E-state index is 0.183. The second-order valence-electron chi connectivity index (χ2n) is 2.18. The summed E-state index contributed by atoms with van der Waals surface area (Å²) >= 11 is 1.43. The Labute approximate surface area is 68.2 Å². The Kier molecular flexibility index (Phi) is 2.56. The number of aromatic nitrogens is 1. The van der Waals surface area contributed by atoms with Crippen molar-refractivity contribution in [2.45, 2.75) is 12.5 Å². The second-order valence-corrected chi connectivity index (χ2v) is 3.10. The number of carbonyl (C=O) groups excluding carboxylic acids is 1. The zero-order valence-corrected chi connectivity index (χ0v) is 6.67. The predicted octanol–water partition coefficient (Wildman–Crippen LogP) is 0.0183. The lowest BCUT2D eigenvalue weighted by Crippen LogP contribution is -2.19. The predicted molar refractivity (Wildman–Crippen MR) is 42.9 cm³/mol. The highest BCUT2D eigenvalue weighted by atomic mass is 32.1. The van der Waals surface area contributed by atoms with Gasteiger partial charge in [0, 0.05) is 23.5 Å². The maximum absolute atomic E-state index is 10.4. The van der Waals surface area contributed by atoms with E-state index >= 15 is 0 Å². The van der Waals surface area contributed by atoms with Crippen molar-refractivity contribution in [1.82, 2.24) is 4.98 Å². The van der Waals surface area contributed by atoms with Gasteiger partial charge in [0.15, 0.2) is 0 Å². The summed E-state index contributed by atoms with van der Waals surface area (Å²) in [6, 6.07) is -0.292. The molecule has 1 aromatic rings. The molecule has 1 heterocycles. The highest BCUT2D eigenvalue weighted by Gasteiger charge is 2.09. The Morgan fingerprint density at radius 3 is 3.00 bits per heavy atom. The molecule has 0 radical (unpaired) electrons. The van der Waals surface area contributed by atoms with Gasteiger partial charge in [0.2, 0.25) is 5.91 Å². The average molecular weight is 171 g/mol. The van der Waals surface area contributed by atoms with Gasteiger partial charge in [-0.05, 0) is 0 Å². The summed E-state index contributed by atoms with van der Waals surface area (Å²) in [5.41, 5.74) is 12.3. The van der Waals surface area contributed by atoms with E-state index in [9.17, 15) is 4.79 Å². The molecule has 4 nitrogen and oxygen atoms in total. The number of thiazole rings is 1. The fraction of sp³-hybridized carbons (Fsp3) is 0.333. The van der Waals surface area contributed by atoms with Crippen LogP contribution >= 0.6 is 11.3 Å². The van der Waals surface area contributed by atoms with Crippen molar-refractivity contribution in [1.29, 1.82) is 0 Å². The van der Waals surface area contributed by atoms with Crippen LogP contribution in [0, 0.1) is 0 Å². The Morgan fingerprint density at radius 2 is 2.55 bits per heavy atom. The number of nitrogens with two attached hydrogens (primary N) is 2. The van der Waals surface area contributed by atoms with Gasteiger partial charge in [-0.25, -0.2) is 0 Å². The van der Waals surface area contributed by atoms with Crippen LogP contribution in [-0.4, -0.2) is 10.9 Å². The third kappa shape index (κ3) is 2.28. The smallest absolute Gasteiger partial charge is 0.219 e. The van der Waals surface area contributed by atoms with Crippen LogP contribution in [0.5, 0.6) is 0 Å². The number of amides is 1. The van der Waals surface area contributed by atoms with Gasteiger partial charge in [0.05, 0.1) is 5.51 Å². The van der Waals surface area contributed by atoms with Gasteiger partial charge in [-0.15, -0.1) is 11.3 Å². The Morgan fingerprint density at radius 1 is 1.82 bits per heavy atom. The van der Waals surface area contributed by atoms with Crippen molar-refractivity contribution < 1.29 is 4.79 Å². The van der Waals surface area contributed by atoms with Gasteiger partial charge >= 0.3 is 0 Å². The van der Waals surface area contributed by atoms with Gasteiger partial charge in [-0.1, -0.05) is 0 Å². The molecule has 1 amide bonds. The first kappa shape index (κ1) is 8.16. The molecule has 0 aromatic carbocycles. The van der Waals surface area contributed by atoms with E-state index in [0.29, 0.717) is 0 Å². The Hall–Kier alpha value is -0.940. The van der Waals surface area contributed by atoms with Crippen LogP contribution in [0.25, 0.3) is 0 Å². The Bertz CT molecular complexity index is 234. The first-order valence-corrected chi connectivity index (χ1v) is 4.00. The molecule has 0 aliphatic heterocycles. The molecule has 0 bridgehead atoms. The number of rotatable bonds is 3. The van der Waals surface area contributed by atoms with Crippen molar-refractivity contribution in [2.75, 3.05) is 0 Å². The minimum atomic E-state index is -0.383. The lowest BCUT2D eigenvalue weighted by Gasteiger charge is -2.03. The third-order valence-electron chi connectivity index (χ3n) is 1.24. The van der Waals surface area contributed by atoms with Crippen molar-refractivity contribution in [3.8, 4) is 0 Å². The number of carbonyl (C=O) groups is 1. The minimum Gasteiger partial charge on any atom is -0.370 e. The molecule has 0 fully saturated rings. The second kappa shape index (κ2) is 3.45. The largest absolute Gasteiger partial charge is 0.370 e. The summed E-state index contributed by atoms with van der Waals surface area (Å²) in [6.45, 7) is 0. The number of hydrogen-bond donors (Lipinski definition) is 2. The summed E-state index contributed by atoms with van der Waals surface area (Å²) in [5, 5.41) is 0. The summed E-state index contributed by atoms with van der Waals surface area (Å²) in [5.74, 6) is -0.383. The van der Waals surface area contributed by atoms with E-state index in [4.69, 9.17) is 11.5 Å². The van der Waals surface area contributed by atoms with E-state index in [2.05, 4.69) is 4.98 Å². The van der Waals surface area contributed by atoms with E-state index in [1.165, 1.54) is 11.3 Å². The molecule has 5 heteroatoms. The van der Waals surface area contributed by atoms with Crippen LogP contribution < -0.4 is 11.5 Å². The molecule has 0 aliphatic carbocycles. The molecule has 4 N–H and O–H groups in total. The monoisotopic (exact) mass is 171 g/mol. The highest BCUT2D eigenvalue weighted by molar-refractivity contribution is 7.09. The molecular weight excluding hydrogens is 162 g/mol. The molecule has 1 rings (SSSR count). The summed E-state index contributed by atoms with van der Waals surface area (Å²) in [6.07, 6.45) is 1.83. The number of primary amides is 1. The molecule has 60 valence electrons. The maximum atomic E-state index is 10.4. The van der Waals surface area contributed by atoms with E-state index < -0.39 is 0 Å². The van der Waals surface area contributed by atoms with Crippen LogP contribution in [0.2, 0.25) is 0 Å². The first-order chi connectivity index (χ1) is 5.20. The van der Waals surface area contributed by atoms with Crippen molar-refractivity contribution in [3.63, 3.8) is 0 Å². The van der Waals surface area contributed by atoms with Gasteiger partial charge in [0.25, 0.3) is 0 Å². The molecular formula is C6H9N3OS. The highest BCUT2D eigenvalue weighted by Crippen LogP contribution is 2.16. The molecule has 1 aromatic heterocycles. The Balaban J connectivity index is 2.56. The topological polar surface area (TPSA) is 82.0 Å². The molecule has 0 aliphatic rings. The lowest BCUT2D eigenvalue weighted by molar-refractivity contribution is -0.118. The SMILES string of the molecule is NC(=O)C[C@H](N)c1cncs1. The van der Waals surface area contributed by atoms with Gasteiger partial charge in [0.1, 0.15) is 0 Å². The molecule has 0 spiro atoms. The zero-order valence-electron chi connectivity index (χ0n) is 5.86. The van der Waals surface area contributed by atoms with Crippen LogP contribution in [-0.2, 0) is 4.79 Å². The van der Waals surface area contributed by atoms with Crippen LogP contribution in [0.3, 0.4) is 0 Å². The van der Waals surface area contributed by atoms with E-state index in [-0.39, 0.29) is 18.4 Å². The number of nitrogens with zero attached hydrogens (tertiary/aromatic N) is 1. The van der Waals surface area contributed by atoms with Gasteiger partial charge < -0.3 is 11.5 Å². The van der Waals surface area contributed by atoms with Crippen LogP contribution in [0.15, 0.2) is 11.7 Å². The molecule has 0 saturated heterocycles. The van der Waals surface area contributed by atoms with Gasteiger partial charge in [-0.2, -0.15) is 0 Å². The van der Waals surface area contributed by atoms with Crippen molar-refractivity contribution >= 4 is 17.2 Å². The van der Waals surface area contributed by atoms with E-state index in [0.717, 1.165) is 4.88 Å². The van der Waals surface area contributed by atoms with E-state index in [1.54, 1.807) is 11.7 Å². The van der Waals surface area contributed by atoms with Crippen LogP contribution in [0.1, 0.15) is 17.3 Å². The normalized spacial score (nSPS) is 12.8. The molecule has 11 heavy (non-hydrogen) atoms. The lowest BCUT2D eigenvalue weighted by atomic mass is 10.2.